The quantitative estimate of drug-likeness (QED) is 0.0522. The second kappa shape index (κ2) is 33.1. The lowest BCUT2D eigenvalue weighted by molar-refractivity contribution is 0.366. The second-order valence-electron chi connectivity index (χ2n) is 13.9. The molecule has 0 aliphatic carbocycles. The van der Waals surface area contributed by atoms with E-state index in [4.69, 9.17) is 0 Å². The average Bonchev–Trinajstić information content (AvgIpc) is 3.53. The Labute approximate surface area is 266 Å². The van der Waals surface area contributed by atoms with Crippen LogP contribution in [-0.2, 0) is 0 Å². The van der Waals surface area contributed by atoms with E-state index in [0.29, 0.717) is 0 Å². The van der Waals surface area contributed by atoms with Gasteiger partial charge in [0.2, 0.25) is 6.17 Å². The molecule has 0 saturated heterocycles. The molecule has 0 bridgehead atoms. The fraction of sp³-hybridized carbons (Fsp3) is 0.925. The molecule has 1 aliphatic rings. The lowest BCUT2D eigenvalue weighted by Crippen LogP contribution is -2.02. The maximum absolute atomic E-state index is 4.36. The highest BCUT2D eigenvalue weighted by Gasteiger charge is 2.15. The van der Waals surface area contributed by atoms with Gasteiger partial charge in [-0.2, -0.15) is 0 Å². The Balaban J connectivity index is 2.01. The van der Waals surface area contributed by atoms with Crippen LogP contribution in [0.4, 0.5) is 0 Å². The third-order valence-electron chi connectivity index (χ3n) is 9.71. The Kier molecular flexibility index (Phi) is 30.9. The molecule has 0 radical (unpaired) electrons. The molecule has 0 saturated carbocycles. The highest BCUT2D eigenvalue weighted by atomic mass is 15.0. The zero-order valence-corrected chi connectivity index (χ0v) is 29.2. The van der Waals surface area contributed by atoms with Crippen molar-refractivity contribution in [3.63, 3.8) is 0 Å². The van der Waals surface area contributed by atoms with E-state index in [2.05, 4.69) is 23.8 Å². The van der Waals surface area contributed by atoms with Crippen LogP contribution in [0.15, 0.2) is 9.98 Å². The van der Waals surface area contributed by atoms with Crippen LogP contribution in [0.2, 0.25) is 0 Å². The molecule has 0 aromatic heterocycles. The molecule has 0 fully saturated rings. The first-order chi connectivity index (χ1) is 20.9. The Morgan fingerprint density at radius 2 is 0.619 bits per heavy atom. The Morgan fingerprint density at radius 3 is 0.929 bits per heavy atom. The molecule has 1 heterocycles. The van der Waals surface area contributed by atoms with Gasteiger partial charge in [-0.05, 0) is 12.3 Å². The van der Waals surface area contributed by atoms with E-state index in [0.717, 1.165) is 18.5 Å². The smallest absolute Gasteiger partial charge is 0.0968 e. The van der Waals surface area contributed by atoms with Gasteiger partial charge in [-0.1, -0.05) is 229 Å². The molecule has 2 nitrogen and oxygen atoms in total. The van der Waals surface area contributed by atoms with Gasteiger partial charge in [-0.3, -0.25) is 0 Å². The van der Waals surface area contributed by atoms with Crippen LogP contribution in [0, 0.1) is 12.1 Å². The SMILES string of the molecule is CCCCCCCCCCCCCCCCCCC(CCCCCCCCCCCCCC)CCCC[C+]1N=CC=N1. The minimum atomic E-state index is 0.959. The molecule has 2 heteroatoms. The molecule has 0 N–H and O–H groups in total. The molecule has 42 heavy (non-hydrogen) atoms. The van der Waals surface area contributed by atoms with Crippen molar-refractivity contribution >= 4 is 12.4 Å². The minimum Gasteiger partial charge on any atom is -0.0968 e. The van der Waals surface area contributed by atoms with Crippen LogP contribution in [0.5, 0.6) is 0 Å². The summed E-state index contributed by atoms with van der Waals surface area (Å²) in [7, 11) is 0. The summed E-state index contributed by atoms with van der Waals surface area (Å²) >= 11 is 0. The molecule has 0 aromatic rings. The molecule has 1 atom stereocenters. The Bertz CT molecular complexity index is 556. The summed E-state index contributed by atoms with van der Waals surface area (Å²) in [5.41, 5.74) is 0. The number of nitrogens with zero attached hydrogens (tertiary/aromatic N) is 2. The Morgan fingerprint density at radius 1 is 0.357 bits per heavy atom. The van der Waals surface area contributed by atoms with Crippen molar-refractivity contribution < 1.29 is 0 Å². The average molecular weight is 586 g/mol. The number of hydrogen-bond donors (Lipinski definition) is 0. The molecule has 0 amide bonds. The van der Waals surface area contributed by atoms with E-state index in [-0.39, 0.29) is 0 Å². The highest BCUT2D eigenvalue weighted by molar-refractivity contribution is 6.18. The monoisotopic (exact) mass is 586 g/mol. The zero-order valence-electron chi connectivity index (χ0n) is 29.2. The summed E-state index contributed by atoms with van der Waals surface area (Å²) in [6, 6.07) is 0. The third kappa shape index (κ3) is 28.0. The van der Waals surface area contributed by atoms with Gasteiger partial charge in [0, 0.05) is 0 Å². The number of aliphatic imine (C=N–C) groups is 2. The topological polar surface area (TPSA) is 24.7 Å². The van der Waals surface area contributed by atoms with Crippen molar-refractivity contribution in [1.29, 1.82) is 0 Å². The van der Waals surface area contributed by atoms with Gasteiger partial charge in [-0.25, -0.2) is 0 Å². The predicted octanol–water partition coefficient (Wildman–Crippen LogP) is 14.6. The van der Waals surface area contributed by atoms with Crippen LogP contribution in [-0.4, -0.2) is 12.4 Å². The van der Waals surface area contributed by atoms with Crippen molar-refractivity contribution in [2.75, 3.05) is 0 Å². The molecule has 0 aromatic carbocycles. The van der Waals surface area contributed by atoms with Gasteiger partial charge >= 0.3 is 0 Å². The molecule has 1 unspecified atom stereocenters. The summed E-state index contributed by atoms with van der Waals surface area (Å²) in [5, 5.41) is 0. The zero-order chi connectivity index (χ0) is 30.0. The first-order valence-corrected chi connectivity index (χ1v) is 19.8. The fourth-order valence-corrected chi connectivity index (χ4v) is 6.81. The highest BCUT2D eigenvalue weighted by Crippen LogP contribution is 2.26. The van der Waals surface area contributed by atoms with Gasteiger partial charge < -0.3 is 0 Å². The van der Waals surface area contributed by atoms with Crippen molar-refractivity contribution in [2.24, 2.45) is 15.9 Å². The van der Waals surface area contributed by atoms with E-state index in [9.17, 15) is 0 Å². The Hall–Kier alpha value is -0.790. The first kappa shape index (κ1) is 39.2. The molecular formula is C40H77N2+. The largest absolute Gasteiger partial charge is 0.240 e. The van der Waals surface area contributed by atoms with E-state index in [1.165, 1.54) is 212 Å². The lowest BCUT2D eigenvalue weighted by Gasteiger charge is -2.17. The summed E-state index contributed by atoms with van der Waals surface area (Å²) in [4.78, 5) is 8.72. The molecular weight excluding hydrogens is 508 g/mol. The first-order valence-electron chi connectivity index (χ1n) is 19.8. The molecule has 1 rings (SSSR count). The van der Waals surface area contributed by atoms with Crippen LogP contribution < -0.4 is 0 Å². The van der Waals surface area contributed by atoms with Crippen LogP contribution in [0.25, 0.3) is 0 Å². The number of hydrogen-bond acceptors (Lipinski definition) is 2. The molecule has 246 valence electrons. The molecule has 1 aliphatic heterocycles. The number of rotatable bonds is 35. The van der Waals surface area contributed by atoms with Gasteiger partial charge in [0.25, 0.3) is 0 Å². The normalized spacial score (nSPS) is 13.5. The van der Waals surface area contributed by atoms with Crippen molar-refractivity contribution in [1.82, 2.24) is 0 Å². The predicted molar refractivity (Wildman–Crippen MR) is 192 cm³/mol. The lowest BCUT2D eigenvalue weighted by atomic mass is 9.89. The van der Waals surface area contributed by atoms with E-state index >= 15 is 0 Å². The van der Waals surface area contributed by atoms with Crippen molar-refractivity contribution in [2.45, 2.75) is 232 Å². The maximum Gasteiger partial charge on any atom is 0.240 e. The number of unbranched alkanes of at least 4 members (excludes halogenated alkanes) is 27. The minimum absolute atomic E-state index is 0.959. The van der Waals surface area contributed by atoms with Crippen LogP contribution in [0.3, 0.4) is 0 Å². The summed E-state index contributed by atoms with van der Waals surface area (Å²) in [6.45, 7) is 4.62. The van der Waals surface area contributed by atoms with Crippen LogP contribution in [0.1, 0.15) is 232 Å². The fourth-order valence-electron chi connectivity index (χ4n) is 6.81. The van der Waals surface area contributed by atoms with Gasteiger partial charge in [-0.15, -0.1) is 0 Å². The summed E-state index contributed by atoms with van der Waals surface area (Å²) in [6.07, 6.45) is 53.7. The van der Waals surface area contributed by atoms with Gasteiger partial charge in [0.1, 0.15) is 0 Å². The van der Waals surface area contributed by atoms with Crippen LogP contribution >= 0.6 is 0 Å². The summed E-state index contributed by atoms with van der Waals surface area (Å²) < 4.78 is 0. The van der Waals surface area contributed by atoms with E-state index < -0.39 is 0 Å². The van der Waals surface area contributed by atoms with E-state index in [1.807, 2.05) is 12.4 Å². The van der Waals surface area contributed by atoms with Crippen molar-refractivity contribution in [3.05, 3.63) is 6.17 Å². The van der Waals surface area contributed by atoms with E-state index in [1.54, 1.807) is 0 Å². The maximum atomic E-state index is 4.36. The molecule has 0 spiro atoms. The third-order valence-corrected chi connectivity index (χ3v) is 9.71. The van der Waals surface area contributed by atoms with Crippen molar-refractivity contribution in [3.8, 4) is 0 Å². The van der Waals surface area contributed by atoms with Gasteiger partial charge in [0.05, 0.1) is 6.42 Å². The summed E-state index contributed by atoms with van der Waals surface area (Å²) in [5.74, 6) is 0.959. The standard InChI is InChI=1S/C40H77N2/c1-3-5-7-9-11-13-15-17-18-19-20-22-24-26-28-30-34-39(35-31-32-36-40-41-37-38-42-40)33-29-27-25-23-21-16-14-12-10-8-6-4-2/h37-39H,3-36H2,1-2H3/q+1. The van der Waals surface area contributed by atoms with Gasteiger partial charge in [0.15, 0.2) is 12.4 Å². The second-order valence-corrected chi connectivity index (χ2v) is 13.9.